The number of primary amides is 1. The second kappa shape index (κ2) is 6.78. The number of amides is 1. The van der Waals surface area contributed by atoms with Gasteiger partial charge in [-0.2, -0.15) is 0 Å². The minimum atomic E-state index is -0.643. The van der Waals surface area contributed by atoms with E-state index in [2.05, 4.69) is 9.97 Å². The molecule has 6 nitrogen and oxygen atoms in total. The summed E-state index contributed by atoms with van der Waals surface area (Å²) >= 11 is 12.3. The lowest BCUT2D eigenvalue weighted by molar-refractivity contribution is 0.0996. The number of carbonyl (C=O) groups excluding carboxylic acids is 1. The first-order chi connectivity index (χ1) is 11.8. The van der Waals surface area contributed by atoms with Crippen LogP contribution in [0.5, 0.6) is 0 Å². The van der Waals surface area contributed by atoms with Crippen LogP contribution in [0.15, 0.2) is 24.4 Å². The van der Waals surface area contributed by atoms with E-state index in [4.69, 9.17) is 34.7 Å². The highest BCUT2D eigenvalue weighted by Crippen LogP contribution is 2.35. The quantitative estimate of drug-likeness (QED) is 0.853. The Kier molecular flexibility index (Phi) is 4.86. The van der Waals surface area contributed by atoms with E-state index < -0.39 is 5.91 Å². The van der Waals surface area contributed by atoms with Gasteiger partial charge in [0.2, 0.25) is 5.95 Å². The summed E-state index contributed by atoms with van der Waals surface area (Å²) in [5.41, 5.74) is 12.7. The molecule has 1 amide bonds. The molecule has 2 heterocycles. The van der Waals surface area contributed by atoms with Crippen molar-refractivity contribution in [2.45, 2.75) is 25.3 Å². The summed E-state index contributed by atoms with van der Waals surface area (Å²) in [4.78, 5) is 22.7. The van der Waals surface area contributed by atoms with Crippen molar-refractivity contribution in [3.8, 4) is 11.1 Å². The smallest absolute Gasteiger partial charge is 0.268 e. The SMILES string of the molecule is CC1(N)CCN(c2ncc(-c3cccc(Cl)c3Cl)c(C(N)=O)n2)CC1. The number of nitrogens with zero attached hydrogens (tertiary/aromatic N) is 3. The van der Waals surface area contributed by atoms with Crippen LogP contribution in [0.4, 0.5) is 5.95 Å². The maximum absolute atomic E-state index is 11.9. The van der Waals surface area contributed by atoms with Crippen LogP contribution in [-0.2, 0) is 0 Å². The highest BCUT2D eigenvalue weighted by molar-refractivity contribution is 6.43. The molecular formula is C17H19Cl2N5O. The first-order valence-corrected chi connectivity index (χ1v) is 8.69. The summed E-state index contributed by atoms with van der Waals surface area (Å²) in [6.45, 7) is 3.48. The zero-order chi connectivity index (χ0) is 18.2. The molecule has 1 aromatic heterocycles. The molecular weight excluding hydrogens is 361 g/mol. The average Bonchev–Trinajstić information content (AvgIpc) is 2.57. The predicted octanol–water partition coefficient (Wildman–Crippen LogP) is 2.87. The Balaban J connectivity index is 2.00. The number of carbonyl (C=O) groups is 1. The summed E-state index contributed by atoms with van der Waals surface area (Å²) in [6.07, 6.45) is 3.21. The van der Waals surface area contributed by atoms with Gasteiger partial charge in [0.1, 0.15) is 5.69 Å². The normalized spacial score (nSPS) is 16.7. The van der Waals surface area contributed by atoms with Crippen molar-refractivity contribution in [2.24, 2.45) is 11.5 Å². The molecule has 1 saturated heterocycles. The van der Waals surface area contributed by atoms with Gasteiger partial charge in [-0.05, 0) is 25.8 Å². The van der Waals surface area contributed by atoms with Crippen LogP contribution in [0.2, 0.25) is 10.0 Å². The molecule has 0 saturated carbocycles. The molecule has 0 unspecified atom stereocenters. The number of halogens is 2. The molecule has 0 aliphatic carbocycles. The van der Waals surface area contributed by atoms with Gasteiger partial charge in [-0.1, -0.05) is 35.3 Å². The number of benzene rings is 1. The third kappa shape index (κ3) is 3.71. The maximum atomic E-state index is 11.9. The van der Waals surface area contributed by atoms with E-state index in [1.807, 2.05) is 11.8 Å². The van der Waals surface area contributed by atoms with Crippen molar-refractivity contribution >= 4 is 35.1 Å². The molecule has 0 radical (unpaired) electrons. The molecule has 0 atom stereocenters. The van der Waals surface area contributed by atoms with E-state index in [1.165, 1.54) is 0 Å². The molecule has 4 N–H and O–H groups in total. The number of piperidine rings is 1. The van der Waals surface area contributed by atoms with Gasteiger partial charge in [-0.3, -0.25) is 4.79 Å². The summed E-state index contributed by atoms with van der Waals surface area (Å²) in [5.74, 6) is -0.179. The van der Waals surface area contributed by atoms with Crippen molar-refractivity contribution < 1.29 is 4.79 Å². The van der Waals surface area contributed by atoms with E-state index in [-0.39, 0.29) is 11.2 Å². The number of aromatic nitrogens is 2. The third-order valence-corrected chi connectivity index (χ3v) is 5.26. The Labute approximate surface area is 156 Å². The Bertz CT molecular complexity index is 815. The van der Waals surface area contributed by atoms with Crippen LogP contribution in [0.3, 0.4) is 0 Å². The largest absolute Gasteiger partial charge is 0.364 e. The third-order valence-electron chi connectivity index (χ3n) is 4.44. The van der Waals surface area contributed by atoms with Gasteiger partial charge in [0.05, 0.1) is 10.0 Å². The van der Waals surface area contributed by atoms with Crippen LogP contribution < -0.4 is 16.4 Å². The Morgan fingerprint density at radius 3 is 2.56 bits per heavy atom. The van der Waals surface area contributed by atoms with Crippen molar-refractivity contribution in [3.05, 3.63) is 40.1 Å². The summed E-state index contributed by atoms with van der Waals surface area (Å²) in [7, 11) is 0. The fourth-order valence-electron chi connectivity index (χ4n) is 2.84. The van der Waals surface area contributed by atoms with Crippen LogP contribution in [0.25, 0.3) is 11.1 Å². The Morgan fingerprint density at radius 2 is 1.92 bits per heavy atom. The molecule has 0 bridgehead atoms. The maximum Gasteiger partial charge on any atom is 0.268 e. The summed E-state index contributed by atoms with van der Waals surface area (Å²) < 4.78 is 0. The lowest BCUT2D eigenvalue weighted by Gasteiger charge is -2.36. The summed E-state index contributed by atoms with van der Waals surface area (Å²) in [6, 6.07) is 5.17. The minimum absolute atomic E-state index is 0.121. The Hall–Kier alpha value is -1.89. The molecule has 1 aliphatic rings. The van der Waals surface area contributed by atoms with Gasteiger partial charge in [-0.25, -0.2) is 9.97 Å². The molecule has 1 fully saturated rings. The Morgan fingerprint density at radius 1 is 1.24 bits per heavy atom. The van der Waals surface area contributed by atoms with Crippen LogP contribution in [-0.4, -0.2) is 34.5 Å². The first-order valence-electron chi connectivity index (χ1n) is 7.93. The van der Waals surface area contributed by atoms with Crippen LogP contribution in [0, 0.1) is 0 Å². The number of anilines is 1. The standard InChI is InChI=1S/C17H19Cl2N5O/c1-17(21)5-7-24(8-6-17)16-22-9-11(14(23-16)15(20)25)10-3-2-4-12(18)13(10)19/h2-4,9H,5-8,21H2,1H3,(H2,20,25). The molecule has 3 rings (SSSR count). The van der Waals surface area contributed by atoms with Gasteiger partial charge in [0.25, 0.3) is 5.91 Å². The van der Waals surface area contributed by atoms with E-state index in [9.17, 15) is 4.79 Å². The predicted molar refractivity (Wildman–Crippen MR) is 100 cm³/mol. The van der Waals surface area contributed by atoms with Gasteiger partial charge >= 0.3 is 0 Å². The van der Waals surface area contributed by atoms with Gasteiger partial charge < -0.3 is 16.4 Å². The van der Waals surface area contributed by atoms with Crippen molar-refractivity contribution in [1.29, 1.82) is 0 Å². The van der Waals surface area contributed by atoms with E-state index in [1.54, 1.807) is 24.4 Å². The van der Waals surface area contributed by atoms with E-state index >= 15 is 0 Å². The van der Waals surface area contributed by atoms with Crippen LogP contribution in [0.1, 0.15) is 30.3 Å². The molecule has 1 aromatic carbocycles. The zero-order valence-corrected chi connectivity index (χ0v) is 15.3. The van der Waals surface area contributed by atoms with Gasteiger partial charge in [0, 0.05) is 36.0 Å². The molecule has 25 heavy (non-hydrogen) atoms. The minimum Gasteiger partial charge on any atom is -0.364 e. The fourth-order valence-corrected chi connectivity index (χ4v) is 3.24. The van der Waals surface area contributed by atoms with E-state index in [0.717, 1.165) is 25.9 Å². The topological polar surface area (TPSA) is 98.1 Å². The fraction of sp³-hybridized carbons (Fsp3) is 0.353. The first kappa shape index (κ1) is 17.9. The van der Waals surface area contributed by atoms with Gasteiger partial charge in [0.15, 0.2) is 0 Å². The number of hydrogen-bond donors (Lipinski definition) is 2. The second-order valence-electron chi connectivity index (χ2n) is 6.54. The molecule has 2 aromatic rings. The van der Waals surface area contributed by atoms with Crippen LogP contribution >= 0.6 is 23.2 Å². The lowest BCUT2D eigenvalue weighted by atomic mass is 9.91. The average molecular weight is 380 g/mol. The number of rotatable bonds is 3. The van der Waals surface area contributed by atoms with Gasteiger partial charge in [-0.15, -0.1) is 0 Å². The van der Waals surface area contributed by atoms with E-state index in [0.29, 0.717) is 27.1 Å². The molecule has 1 aliphatic heterocycles. The number of hydrogen-bond acceptors (Lipinski definition) is 5. The van der Waals surface area contributed by atoms with Crippen molar-refractivity contribution in [2.75, 3.05) is 18.0 Å². The lowest BCUT2D eigenvalue weighted by Crippen LogP contribution is -2.48. The monoisotopic (exact) mass is 379 g/mol. The zero-order valence-electron chi connectivity index (χ0n) is 13.8. The molecule has 8 heteroatoms. The molecule has 132 valence electrons. The van der Waals surface area contributed by atoms with Crippen molar-refractivity contribution in [1.82, 2.24) is 9.97 Å². The summed E-state index contributed by atoms with van der Waals surface area (Å²) in [5, 5.41) is 0.719. The highest BCUT2D eigenvalue weighted by Gasteiger charge is 2.28. The second-order valence-corrected chi connectivity index (χ2v) is 7.32. The molecule has 0 spiro atoms. The highest BCUT2D eigenvalue weighted by atomic mass is 35.5. The number of nitrogens with two attached hydrogens (primary N) is 2. The van der Waals surface area contributed by atoms with Crippen molar-refractivity contribution in [3.63, 3.8) is 0 Å².